The number of hydrogen-bond donors (Lipinski definition) is 2. The van der Waals surface area contributed by atoms with Crippen molar-refractivity contribution < 1.29 is 9.53 Å². The first-order chi connectivity index (χ1) is 10.9. The van der Waals surface area contributed by atoms with Gasteiger partial charge in [0.25, 0.3) is 0 Å². The van der Waals surface area contributed by atoms with Gasteiger partial charge in [0, 0.05) is 35.7 Å². The van der Waals surface area contributed by atoms with Crippen LogP contribution >= 0.6 is 0 Å². The van der Waals surface area contributed by atoms with Crippen LogP contribution in [0.25, 0.3) is 10.9 Å². The lowest BCUT2D eigenvalue weighted by molar-refractivity contribution is -0.166. The zero-order chi connectivity index (χ0) is 16.7. The van der Waals surface area contributed by atoms with Gasteiger partial charge in [0.05, 0.1) is 11.6 Å². The van der Waals surface area contributed by atoms with E-state index >= 15 is 0 Å². The minimum Gasteiger partial charge on any atom is -0.378 e. The highest BCUT2D eigenvalue weighted by Crippen LogP contribution is 2.50. The SMILES string of the molecule is CCOC1CC(N)(C(=O)Nc2ccc3ncccc3c2)C1(C)C. The summed E-state index contributed by atoms with van der Waals surface area (Å²) in [5.41, 5.74) is 6.71. The van der Waals surface area contributed by atoms with Crippen molar-refractivity contribution >= 4 is 22.5 Å². The monoisotopic (exact) mass is 313 g/mol. The molecule has 3 rings (SSSR count). The summed E-state index contributed by atoms with van der Waals surface area (Å²) in [4.78, 5) is 17.0. The number of amides is 1. The second-order valence-corrected chi connectivity index (χ2v) is 6.71. The average Bonchev–Trinajstić information content (AvgIpc) is 2.54. The first-order valence-electron chi connectivity index (χ1n) is 7.95. The van der Waals surface area contributed by atoms with E-state index in [2.05, 4.69) is 10.3 Å². The first-order valence-corrected chi connectivity index (χ1v) is 7.95. The average molecular weight is 313 g/mol. The van der Waals surface area contributed by atoms with Crippen LogP contribution < -0.4 is 11.1 Å². The molecule has 0 spiro atoms. The Kier molecular flexibility index (Phi) is 3.86. The Bertz CT molecular complexity index is 744. The van der Waals surface area contributed by atoms with Crippen LogP contribution in [0.5, 0.6) is 0 Å². The van der Waals surface area contributed by atoms with Crippen molar-refractivity contribution in [3.63, 3.8) is 0 Å². The molecule has 122 valence electrons. The molecule has 1 fully saturated rings. The number of nitrogens with two attached hydrogens (primary N) is 1. The smallest absolute Gasteiger partial charge is 0.245 e. The van der Waals surface area contributed by atoms with Crippen LogP contribution in [-0.2, 0) is 9.53 Å². The number of pyridine rings is 1. The number of carbonyl (C=O) groups is 1. The number of anilines is 1. The van der Waals surface area contributed by atoms with Crippen LogP contribution in [0.2, 0.25) is 0 Å². The molecule has 0 saturated heterocycles. The molecule has 1 saturated carbocycles. The third kappa shape index (κ3) is 2.50. The molecular formula is C18H23N3O2. The van der Waals surface area contributed by atoms with Crippen LogP contribution in [0.15, 0.2) is 36.5 Å². The summed E-state index contributed by atoms with van der Waals surface area (Å²) in [6, 6.07) is 9.50. The predicted molar refractivity (Wildman–Crippen MR) is 91.1 cm³/mol. The fraction of sp³-hybridized carbons (Fsp3) is 0.444. The Morgan fingerprint density at radius 3 is 2.91 bits per heavy atom. The Hall–Kier alpha value is -1.98. The zero-order valence-electron chi connectivity index (χ0n) is 13.8. The van der Waals surface area contributed by atoms with E-state index in [9.17, 15) is 4.79 Å². The maximum Gasteiger partial charge on any atom is 0.245 e. The number of nitrogens with zero attached hydrogens (tertiary/aromatic N) is 1. The van der Waals surface area contributed by atoms with E-state index in [1.807, 2.05) is 51.1 Å². The number of ether oxygens (including phenoxy) is 1. The molecule has 1 aliphatic rings. The highest BCUT2D eigenvalue weighted by molar-refractivity contribution is 6.01. The Labute approximate surface area is 136 Å². The quantitative estimate of drug-likeness (QED) is 0.910. The summed E-state index contributed by atoms with van der Waals surface area (Å²) in [6.45, 7) is 6.56. The maximum atomic E-state index is 12.7. The van der Waals surface area contributed by atoms with Gasteiger partial charge in [-0.25, -0.2) is 0 Å². The summed E-state index contributed by atoms with van der Waals surface area (Å²) in [6.07, 6.45) is 2.30. The molecule has 1 aliphatic carbocycles. The van der Waals surface area contributed by atoms with Crippen molar-refractivity contribution in [1.82, 2.24) is 4.98 Å². The van der Waals surface area contributed by atoms with Gasteiger partial charge < -0.3 is 15.8 Å². The van der Waals surface area contributed by atoms with E-state index in [1.54, 1.807) is 6.20 Å². The summed E-state index contributed by atoms with van der Waals surface area (Å²) < 4.78 is 5.68. The number of aromatic nitrogens is 1. The lowest BCUT2D eigenvalue weighted by atomic mass is 9.54. The highest BCUT2D eigenvalue weighted by Gasteiger charge is 2.62. The van der Waals surface area contributed by atoms with Gasteiger partial charge in [0.1, 0.15) is 5.54 Å². The van der Waals surface area contributed by atoms with Gasteiger partial charge in [0.2, 0.25) is 5.91 Å². The van der Waals surface area contributed by atoms with Crippen LogP contribution in [0.3, 0.4) is 0 Å². The number of rotatable bonds is 4. The van der Waals surface area contributed by atoms with Gasteiger partial charge >= 0.3 is 0 Å². The molecule has 2 unspecified atom stereocenters. The van der Waals surface area contributed by atoms with E-state index in [0.717, 1.165) is 16.6 Å². The van der Waals surface area contributed by atoms with Crippen molar-refractivity contribution in [2.24, 2.45) is 11.1 Å². The molecule has 5 nitrogen and oxygen atoms in total. The van der Waals surface area contributed by atoms with Crippen LogP contribution in [0.1, 0.15) is 27.2 Å². The molecular weight excluding hydrogens is 290 g/mol. The topological polar surface area (TPSA) is 77.2 Å². The predicted octanol–water partition coefficient (Wildman–Crippen LogP) is 2.71. The first kappa shape index (κ1) is 15.9. The van der Waals surface area contributed by atoms with E-state index < -0.39 is 11.0 Å². The molecule has 23 heavy (non-hydrogen) atoms. The lowest BCUT2D eigenvalue weighted by Crippen LogP contribution is -2.74. The standard InChI is InChI=1S/C18H23N3O2/c1-4-23-15-11-18(19,17(15,2)3)16(22)21-13-7-8-14-12(10-13)6-5-9-20-14/h5-10,15H,4,11,19H2,1-3H3,(H,21,22). The summed E-state index contributed by atoms with van der Waals surface area (Å²) in [7, 11) is 0. The van der Waals surface area contributed by atoms with Gasteiger partial charge in [-0.1, -0.05) is 19.9 Å². The summed E-state index contributed by atoms with van der Waals surface area (Å²) in [5, 5.41) is 3.93. The van der Waals surface area contributed by atoms with Crippen LogP contribution in [0.4, 0.5) is 5.69 Å². The fourth-order valence-electron chi connectivity index (χ4n) is 3.22. The number of hydrogen-bond acceptors (Lipinski definition) is 4. The van der Waals surface area contributed by atoms with Crippen molar-refractivity contribution in [2.75, 3.05) is 11.9 Å². The molecule has 1 aromatic heterocycles. The molecule has 0 bridgehead atoms. The largest absolute Gasteiger partial charge is 0.378 e. The molecule has 3 N–H and O–H groups in total. The van der Waals surface area contributed by atoms with Gasteiger partial charge in [0.15, 0.2) is 0 Å². The number of benzene rings is 1. The molecule has 2 atom stereocenters. The highest BCUT2D eigenvalue weighted by atomic mass is 16.5. The third-order valence-corrected chi connectivity index (χ3v) is 5.10. The minimum atomic E-state index is -0.920. The third-order valence-electron chi connectivity index (χ3n) is 5.10. The molecule has 1 amide bonds. The van der Waals surface area contributed by atoms with Crippen molar-refractivity contribution in [3.8, 4) is 0 Å². The molecule has 0 aliphatic heterocycles. The van der Waals surface area contributed by atoms with Crippen LogP contribution in [-0.4, -0.2) is 29.1 Å². The Balaban J connectivity index is 1.78. The Morgan fingerprint density at radius 1 is 1.43 bits per heavy atom. The molecule has 1 heterocycles. The van der Waals surface area contributed by atoms with Crippen molar-refractivity contribution in [1.29, 1.82) is 0 Å². The van der Waals surface area contributed by atoms with Gasteiger partial charge in [-0.15, -0.1) is 0 Å². The fourth-order valence-corrected chi connectivity index (χ4v) is 3.22. The number of carbonyl (C=O) groups excluding carboxylic acids is 1. The normalized spacial score (nSPS) is 25.8. The number of nitrogens with one attached hydrogen (secondary N) is 1. The zero-order valence-corrected chi connectivity index (χ0v) is 13.8. The molecule has 5 heteroatoms. The molecule has 1 aromatic carbocycles. The van der Waals surface area contributed by atoms with Gasteiger partial charge in [-0.05, 0) is 31.2 Å². The summed E-state index contributed by atoms with van der Waals surface area (Å²) in [5.74, 6) is -0.165. The maximum absolute atomic E-state index is 12.7. The van der Waals surface area contributed by atoms with Crippen LogP contribution in [0, 0.1) is 5.41 Å². The van der Waals surface area contributed by atoms with Crippen molar-refractivity contribution in [3.05, 3.63) is 36.5 Å². The van der Waals surface area contributed by atoms with Gasteiger partial charge in [-0.3, -0.25) is 9.78 Å². The number of fused-ring (bicyclic) bond motifs is 1. The Morgan fingerprint density at radius 2 is 2.22 bits per heavy atom. The second kappa shape index (κ2) is 5.58. The van der Waals surface area contributed by atoms with Gasteiger partial charge in [-0.2, -0.15) is 0 Å². The second-order valence-electron chi connectivity index (χ2n) is 6.71. The summed E-state index contributed by atoms with van der Waals surface area (Å²) >= 11 is 0. The minimum absolute atomic E-state index is 0.0176. The molecule has 2 aromatic rings. The lowest BCUT2D eigenvalue weighted by Gasteiger charge is -2.57. The van der Waals surface area contributed by atoms with E-state index in [1.165, 1.54) is 0 Å². The van der Waals surface area contributed by atoms with E-state index in [4.69, 9.17) is 10.5 Å². The molecule has 0 radical (unpaired) electrons. The van der Waals surface area contributed by atoms with Crippen molar-refractivity contribution in [2.45, 2.75) is 38.8 Å². The van der Waals surface area contributed by atoms with E-state index in [-0.39, 0.29) is 12.0 Å². The van der Waals surface area contributed by atoms with E-state index in [0.29, 0.717) is 13.0 Å².